The summed E-state index contributed by atoms with van der Waals surface area (Å²) >= 11 is 0. The standard InChI is InChI=1S/C20H28N4O3/c1-5-21-20(25)24-8-6-14(7-9-24)22-19-10-13(2)15-11-17(26-3)18(27-4)12-16(15)23-19/h10-12,14H,5-9H2,1-4H3,(H,21,25)(H,22,23). The molecule has 1 fully saturated rings. The maximum Gasteiger partial charge on any atom is 0.317 e. The van der Waals surface area contributed by atoms with Crippen molar-refractivity contribution in [2.45, 2.75) is 32.7 Å². The monoisotopic (exact) mass is 372 g/mol. The number of aryl methyl sites for hydroxylation is 1. The summed E-state index contributed by atoms with van der Waals surface area (Å²) < 4.78 is 10.8. The van der Waals surface area contributed by atoms with Gasteiger partial charge in [-0.2, -0.15) is 0 Å². The number of methoxy groups -OCH3 is 2. The number of ether oxygens (including phenoxy) is 2. The lowest BCUT2D eigenvalue weighted by Gasteiger charge is -2.32. The van der Waals surface area contributed by atoms with Crippen LogP contribution in [0.2, 0.25) is 0 Å². The van der Waals surface area contributed by atoms with Gasteiger partial charge < -0.3 is 25.0 Å². The summed E-state index contributed by atoms with van der Waals surface area (Å²) in [6.07, 6.45) is 1.81. The smallest absolute Gasteiger partial charge is 0.317 e. The Morgan fingerprint density at radius 3 is 2.48 bits per heavy atom. The van der Waals surface area contributed by atoms with E-state index in [0.717, 1.165) is 48.2 Å². The molecule has 0 aliphatic carbocycles. The van der Waals surface area contributed by atoms with Crippen molar-refractivity contribution < 1.29 is 14.3 Å². The molecular formula is C20H28N4O3. The van der Waals surface area contributed by atoms with Gasteiger partial charge in [-0.25, -0.2) is 9.78 Å². The van der Waals surface area contributed by atoms with Crippen molar-refractivity contribution in [1.82, 2.24) is 15.2 Å². The summed E-state index contributed by atoms with van der Waals surface area (Å²) in [5.74, 6) is 2.22. The lowest BCUT2D eigenvalue weighted by atomic mass is 10.0. The highest BCUT2D eigenvalue weighted by molar-refractivity contribution is 5.87. The molecule has 7 nitrogen and oxygen atoms in total. The maximum absolute atomic E-state index is 11.9. The molecule has 2 N–H and O–H groups in total. The Bertz CT molecular complexity index is 816. The minimum absolute atomic E-state index is 0.0247. The Kier molecular flexibility index (Phi) is 5.88. The van der Waals surface area contributed by atoms with Crippen LogP contribution in [0.3, 0.4) is 0 Å². The van der Waals surface area contributed by atoms with Gasteiger partial charge in [-0.1, -0.05) is 0 Å². The summed E-state index contributed by atoms with van der Waals surface area (Å²) in [4.78, 5) is 18.6. The van der Waals surface area contributed by atoms with E-state index >= 15 is 0 Å². The number of fused-ring (bicyclic) bond motifs is 1. The Morgan fingerprint density at radius 1 is 1.19 bits per heavy atom. The fraction of sp³-hybridized carbons (Fsp3) is 0.500. The number of likely N-dealkylation sites (tertiary alicyclic amines) is 1. The van der Waals surface area contributed by atoms with Crippen molar-refractivity contribution in [3.8, 4) is 11.5 Å². The number of nitrogens with one attached hydrogen (secondary N) is 2. The predicted molar refractivity (Wildman–Crippen MR) is 107 cm³/mol. The van der Waals surface area contributed by atoms with Crippen molar-refractivity contribution in [1.29, 1.82) is 0 Å². The summed E-state index contributed by atoms with van der Waals surface area (Å²) in [6, 6.07) is 6.26. The zero-order chi connectivity index (χ0) is 19.4. The van der Waals surface area contributed by atoms with Crippen molar-refractivity contribution >= 4 is 22.8 Å². The third-order valence-electron chi connectivity index (χ3n) is 4.98. The number of carbonyl (C=O) groups excluding carboxylic acids is 1. The zero-order valence-electron chi connectivity index (χ0n) is 16.5. The Hall–Kier alpha value is -2.70. The van der Waals surface area contributed by atoms with Gasteiger partial charge in [0.25, 0.3) is 0 Å². The van der Waals surface area contributed by atoms with E-state index in [2.05, 4.69) is 23.6 Å². The number of benzene rings is 1. The molecule has 1 aromatic heterocycles. The van der Waals surface area contributed by atoms with Crippen LogP contribution < -0.4 is 20.1 Å². The fourth-order valence-electron chi connectivity index (χ4n) is 3.49. The fourth-order valence-corrected chi connectivity index (χ4v) is 3.49. The zero-order valence-corrected chi connectivity index (χ0v) is 16.5. The molecule has 2 amide bonds. The van der Waals surface area contributed by atoms with E-state index in [9.17, 15) is 4.79 Å². The van der Waals surface area contributed by atoms with Crippen LogP contribution in [0.5, 0.6) is 11.5 Å². The normalized spacial score (nSPS) is 14.9. The Morgan fingerprint density at radius 2 is 1.85 bits per heavy atom. The maximum atomic E-state index is 11.9. The molecule has 0 radical (unpaired) electrons. The molecular weight excluding hydrogens is 344 g/mol. The van der Waals surface area contributed by atoms with E-state index in [4.69, 9.17) is 14.5 Å². The number of nitrogens with zero attached hydrogens (tertiary/aromatic N) is 2. The van der Waals surface area contributed by atoms with Gasteiger partial charge in [0.05, 0.1) is 19.7 Å². The van der Waals surface area contributed by atoms with Gasteiger partial charge in [-0.3, -0.25) is 0 Å². The lowest BCUT2D eigenvalue weighted by Crippen LogP contribution is -2.46. The van der Waals surface area contributed by atoms with E-state index in [-0.39, 0.29) is 6.03 Å². The number of hydrogen-bond donors (Lipinski definition) is 2. The molecule has 2 aromatic rings. The molecule has 0 bridgehead atoms. The second-order valence-electron chi connectivity index (χ2n) is 6.79. The van der Waals surface area contributed by atoms with Gasteiger partial charge in [0.15, 0.2) is 11.5 Å². The van der Waals surface area contributed by atoms with Gasteiger partial charge in [-0.05, 0) is 44.4 Å². The number of urea groups is 1. The SMILES string of the molecule is CCNC(=O)N1CCC(Nc2cc(C)c3cc(OC)c(OC)cc3n2)CC1. The second kappa shape index (κ2) is 8.33. The van der Waals surface area contributed by atoms with Gasteiger partial charge in [0, 0.05) is 37.1 Å². The Balaban J connectivity index is 1.73. The quantitative estimate of drug-likeness (QED) is 0.843. The second-order valence-corrected chi connectivity index (χ2v) is 6.79. The Labute approximate surface area is 160 Å². The van der Waals surface area contributed by atoms with Crippen LogP contribution in [0.15, 0.2) is 18.2 Å². The molecule has 3 rings (SSSR count). The molecule has 7 heteroatoms. The van der Waals surface area contributed by atoms with Gasteiger partial charge in [0.1, 0.15) is 5.82 Å². The number of pyridine rings is 1. The molecule has 146 valence electrons. The minimum atomic E-state index is 0.0247. The van der Waals surface area contributed by atoms with E-state index in [0.29, 0.717) is 24.1 Å². The van der Waals surface area contributed by atoms with Crippen molar-refractivity contribution in [2.24, 2.45) is 0 Å². The first kappa shape index (κ1) is 19.1. The first-order valence-corrected chi connectivity index (χ1v) is 9.38. The highest BCUT2D eigenvalue weighted by Crippen LogP contribution is 2.33. The van der Waals surface area contributed by atoms with E-state index in [1.165, 1.54) is 0 Å². The molecule has 0 saturated carbocycles. The number of amides is 2. The van der Waals surface area contributed by atoms with Gasteiger partial charge in [0.2, 0.25) is 0 Å². The van der Waals surface area contributed by atoms with Gasteiger partial charge >= 0.3 is 6.03 Å². The van der Waals surface area contributed by atoms with Crippen LogP contribution in [0.25, 0.3) is 10.9 Å². The summed E-state index contributed by atoms with van der Waals surface area (Å²) in [6.45, 7) is 6.16. The van der Waals surface area contributed by atoms with Crippen LogP contribution >= 0.6 is 0 Å². The lowest BCUT2D eigenvalue weighted by molar-refractivity contribution is 0.184. The number of piperidine rings is 1. The van der Waals surface area contributed by atoms with E-state index in [1.54, 1.807) is 14.2 Å². The summed E-state index contributed by atoms with van der Waals surface area (Å²) in [7, 11) is 3.26. The van der Waals surface area contributed by atoms with Crippen LogP contribution in [0.4, 0.5) is 10.6 Å². The van der Waals surface area contributed by atoms with Crippen molar-refractivity contribution in [3.63, 3.8) is 0 Å². The first-order valence-electron chi connectivity index (χ1n) is 9.38. The average Bonchev–Trinajstić information content (AvgIpc) is 2.67. The number of aromatic nitrogens is 1. The van der Waals surface area contributed by atoms with Crippen molar-refractivity contribution in [2.75, 3.05) is 39.2 Å². The topological polar surface area (TPSA) is 75.7 Å². The van der Waals surface area contributed by atoms with E-state index < -0.39 is 0 Å². The average molecular weight is 372 g/mol. The molecule has 0 atom stereocenters. The molecule has 1 aromatic carbocycles. The number of hydrogen-bond acceptors (Lipinski definition) is 5. The molecule has 0 unspecified atom stereocenters. The number of carbonyl (C=O) groups is 1. The molecule has 1 aliphatic rings. The highest BCUT2D eigenvalue weighted by atomic mass is 16.5. The molecule has 1 aliphatic heterocycles. The van der Waals surface area contributed by atoms with Crippen LogP contribution in [-0.2, 0) is 0 Å². The molecule has 27 heavy (non-hydrogen) atoms. The highest BCUT2D eigenvalue weighted by Gasteiger charge is 2.22. The largest absolute Gasteiger partial charge is 0.493 e. The summed E-state index contributed by atoms with van der Waals surface area (Å²) in [5.41, 5.74) is 2.00. The number of anilines is 1. The third kappa shape index (κ3) is 4.18. The van der Waals surface area contributed by atoms with Gasteiger partial charge in [-0.15, -0.1) is 0 Å². The van der Waals surface area contributed by atoms with Crippen LogP contribution in [0.1, 0.15) is 25.3 Å². The third-order valence-corrected chi connectivity index (χ3v) is 4.98. The first-order chi connectivity index (χ1) is 13.0. The van der Waals surface area contributed by atoms with E-state index in [1.807, 2.05) is 24.0 Å². The van der Waals surface area contributed by atoms with Crippen LogP contribution in [0, 0.1) is 6.92 Å². The molecule has 1 saturated heterocycles. The molecule has 0 spiro atoms. The predicted octanol–water partition coefficient (Wildman–Crippen LogP) is 3.17. The molecule has 2 heterocycles. The van der Waals surface area contributed by atoms with Crippen LogP contribution in [-0.4, -0.2) is 55.8 Å². The minimum Gasteiger partial charge on any atom is -0.493 e. The summed E-state index contributed by atoms with van der Waals surface area (Å²) in [5, 5.41) is 7.44. The number of rotatable bonds is 5. The van der Waals surface area contributed by atoms with Crippen molar-refractivity contribution in [3.05, 3.63) is 23.8 Å².